The normalized spacial score (nSPS) is 16.1. The molecule has 0 aliphatic carbocycles. The van der Waals surface area contributed by atoms with Crippen molar-refractivity contribution in [2.75, 3.05) is 18.0 Å². The molecule has 150 valence electrons. The van der Waals surface area contributed by atoms with Gasteiger partial charge in [-0.3, -0.25) is 0 Å². The van der Waals surface area contributed by atoms with Gasteiger partial charge in [-0.25, -0.2) is 19.6 Å². The highest BCUT2D eigenvalue weighted by Gasteiger charge is 2.27. The summed E-state index contributed by atoms with van der Waals surface area (Å²) in [5.74, 6) is 0.0556. The van der Waals surface area contributed by atoms with Crippen molar-refractivity contribution in [3.05, 3.63) is 17.6 Å². The van der Waals surface area contributed by atoms with Crippen LogP contribution in [0.4, 0.5) is 10.6 Å². The fourth-order valence-corrected chi connectivity index (χ4v) is 2.77. The van der Waals surface area contributed by atoms with E-state index in [-0.39, 0.29) is 17.2 Å². The van der Waals surface area contributed by atoms with E-state index < -0.39 is 17.7 Å². The average molecular weight is 378 g/mol. The van der Waals surface area contributed by atoms with Crippen molar-refractivity contribution in [3.8, 4) is 0 Å². The molecule has 2 rings (SSSR count). The van der Waals surface area contributed by atoms with Crippen LogP contribution in [0.2, 0.25) is 0 Å². The monoisotopic (exact) mass is 378 g/mol. The third-order valence-electron chi connectivity index (χ3n) is 4.14. The van der Waals surface area contributed by atoms with Gasteiger partial charge in [0.1, 0.15) is 17.2 Å². The van der Waals surface area contributed by atoms with Crippen molar-refractivity contribution in [3.63, 3.8) is 0 Å². The maximum absolute atomic E-state index is 11.9. The molecule has 8 heteroatoms. The van der Waals surface area contributed by atoms with Crippen LogP contribution in [-0.2, 0) is 10.2 Å². The van der Waals surface area contributed by atoms with E-state index >= 15 is 0 Å². The van der Waals surface area contributed by atoms with Crippen LogP contribution in [0.5, 0.6) is 0 Å². The molecule has 0 unspecified atom stereocenters. The molecular formula is C19H30N4O4. The minimum atomic E-state index is -1.06. The van der Waals surface area contributed by atoms with Gasteiger partial charge in [-0.15, -0.1) is 0 Å². The zero-order chi connectivity index (χ0) is 20.4. The molecule has 0 spiro atoms. The number of carbonyl (C=O) groups excluding carboxylic acids is 1. The Balaban J connectivity index is 2.06. The Bertz CT molecular complexity index is 699. The number of carboxylic acid groups (broad SMARTS) is 1. The molecule has 2 N–H and O–H groups in total. The van der Waals surface area contributed by atoms with Crippen molar-refractivity contribution in [1.29, 1.82) is 0 Å². The first-order chi connectivity index (χ1) is 12.3. The van der Waals surface area contributed by atoms with Crippen LogP contribution >= 0.6 is 0 Å². The number of aromatic carboxylic acids is 1. The summed E-state index contributed by atoms with van der Waals surface area (Å²) < 4.78 is 5.30. The molecule has 0 atom stereocenters. The number of ether oxygens (including phenoxy) is 1. The summed E-state index contributed by atoms with van der Waals surface area (Å²) >= 11 is 0. The zero-order valence-corrected chi connectivity index (χ0v) is 17.0. The lowest BCUT2D eigenvalue weighted by Gasteiger charge is -2.34. The van der Waals surface area contributed by atoms with Gasteiger partial charge in [0.15, 0.2) is 5.69 Å². The summed E-state index contributed by atoms with van der Waals surface area (Å²) in [7, 11) is 0. The number of amides is 1. The molecule has 2 heterocycles. The fraction of sp³-hybridized carbons (Fsp3) is 0.684. The lowest BCUT2D eigenvalue weighted by Crippen LogP contribution is -2.46. The Hall–Kier alpha value is -2.38. The van der Waals surface area contributed by atoms with Crippen molar-refractivity contribution >= 4 is 17.9 Å². The molecule has 1 aliphatic heterocycles. The van der Waals surface area contributed by atoms with Crippen LogP contribution in [0, 0.1) is 0 Å². The second-order valence-electron chi connectivity index (χ2n) is 8.90. The summed E-state index contributed by atoms with van der Waals surface area (Å²) in [6.45, 7) is 12.7. The van der Waals surface area contributed by atoms with Crippen LogP contribution < -0.4 is 10.2 Å². The van der Waals surface area contributed by atoms with Gasteiger partial charge < -0.3 is 20.1 Å². The summed E-state index contributed by atoms with van der Waals surface area (Å²) in [6.07, 6.45) is 1.05. The van der Waals surface area contributed by atoms with E-state index in [2.05, 4.69) is 15.3 Å². The molecule has 1 aliphatic rings. The minimum Gasteiger partial charge on any atom is -0.477 e. The molecule has 1 aromatic rings. The summed E-state index contributed by atoms with van der Waals surface area (Å²) in [6, 6.07) is 1.54. The number of rotatable bonds is 3. The number of alkyl carbamates (subject to hydrolysis) is 1. The molecule has 0 saturated carbocycles. The number of carbonyl (C=O) groups is 2. The van der Waals surface area contributed by atoms with E-state index in [0.717, 1.165) is 12.8 Å². The second kappa shape index (κ2) is 7.70. The van der Waals surface area contributed by atoms with Gasteiger partial charge in [0.2, 0.25) is 0 Å². The SMILES string of the molecule is CC(C)(C)OC(=O)NC1CCN(c2cc(C(=O)O)nc(C(C)(C)C)n2)CC1. The number of hydrogen-bond acceptors (Lipinski definition) is 6. The Morgan fingerprint density at radius 1 is 1.15 bits per heavy atom. The summed E-state index contributed by atoms with van der Waals surface area (Å²) in [5.41, 5.74) is -0.877. The highest BCUT2D eigenvalue weighted by atomic mass is 16.6. The number of aromatic nitrogens is 2. The van der Waals surface area contributed by atoms with Crippen LogP contribution in [0.3, 0.4) is 0 Å². The lowest BCUT2D eigenvalue weighted by molar-refractivity contribution is 0.0496. The molecule has 1 saturated heterocycles. The third-order valence-corrected chi connectivity index (χ3v) is 4.14. The van der Waals surface area contributed by atoms with Crippen LogP contribution in [0.25, 0.3) is 0 Å². The van der Waals surface area contributed by atoms with Gasteiger partial charge in [0.25, 0.3) is 0 Å². The number of anilines is 1. The van der Waals surface area contributed by atoms with Gasteiger partial charge in [-0.1, -0.05) is 20.8 Å². The van der Waals surface area contributed by atoms with Gasteiger partial charge in [-0.2, -0.15) is 0 Å². The fourth-order valence-electron chi connectivity index (χ4n) is 2.77. The Kier molecular flexibility index (Phi) is 5.97. The lowest BCUT2D eigenvalue weighted by atomic mass is 9.95. The maximum atomic E-state index is 11.9. The van der Waals surface area contributed by atoms with Gasteiger partial charge in [0.05, 0.1) is 0 Å². The largest absolute Gasteiger partial charge is 0.477 e. The van der Waals surface area contributed by atoms with Gasteiger partial charge >= 0.3 is 12.1 Å². The topological polar surface area (TPSA) is 105 Å². The van der Waals surface area contributed by atoms with E-state index in [1.165, 1.54) is 6.07 Å². The summed E-state index contributed by atoms with van der Waals surface area (Å²) in [5, 5.41) is 12.3. The van der Waals surface area contributed by atoms with Crippen molar-refractivity contribution in [1.82, 2.24) is 15.3 Å². The second-order valence-corrected chi connectivity index (χ2v) is 8.90. The number of nitrogens with zero attached hydrogens (tertiary/aromatic N) is 3. The van der Waals surface area contributed by atoms with Crippen LogP contribution in [0.15, 0.2) is 6.07 Å². The number of nitrogens with one attached hydrogen (secondary N) is 1. The Labute approximate surface area is 160 Å². The molecule has 0 bridgehead atoms. The molecule has 1 amide bonds. The smallest absolute Gasteiger partial charge is 0.407 e. The number of piperidine rings is 1. The van der Waals surface area contributed by atoms with Gasteiger partial charge in [-0.05, 0) is 33.6 Å². The van der Waals surface area contributed by atoms with E-state index in [4.69, 9.17) is 4.74 Å². The van der Waals surface area contributed by atoms with Crippen molar-refractivity contribution < 1.29 is 19.4 Å². The van der Waals surface area contributed by atoms with E-state index in [9.17, 15) is 14.7 Å². The standard InChI is InChI=1S/C19H30N4O4/c1-18(2,3)16-21-13(15(24)25)11-14(22-16)23-9-7-12(8-10-23)20-17(26)27-19(4,5)6/h11-12H,7-10H2,1-6H3,(H,20,26)(H,24,25). The highest BCUT2D eigenvalue weighted by molar-refractivity contribution is 5.86. The molecule has 8 nitrogen and oxygen atoms in total. The first-order valence-corrected chi connectivity index (χ1v) is 9.22. The number of hydrogen-bond donors (Lipinski definition) is 2. The molecule has 1 fully saturated rings. The zero-order valence-electron chi connectivity index (χ0n) is 17.0. The predicted octanol–water partition coefficient (Wildman–Crippen LogP) is 2.97. The van der Waals surface area contributed by atoms with Crippen molar-refractivity contribution in [2.45, 2.75) is 71.4 Å². The van der Waals surface area contributed by atoms with Crippen molar-refractivity contribution in [2.24, 2.45) is 0 Å². The Morgan fingerprint density at radius 3 is 2.22 bits per heavy atom. The molecule has 27 heavy (non-hydrogen) atoms. The first kappa shape index (κ1) is 20.9. The minimum absolute atomic E-state index is 0.000992. The Morgan fingerprint density at radius 2 is 1.74 bits per heavy atom. The average Bonchev–Trinajstić information content (AvgIpc) is 2.52. The van der Waals surface area contributed by atoms with Crippen LogP contribution in [0.1, 0.15) is 70.7 Å². The van der Waals surface area contributed by atoms with E-state index in [1.54, 1.807) is 0 Å². The molecule has 0 radical (unpaired) electrons. The maximum Gasteiger partial charge on any atom is 0.407 e. The molecule has 0 aromatic carbocycles. The molecule has 1 aromatic heterocycles. The quantitative estimate of drug-likeness (QED) is 0.833. The van der Waals surface area contributed by atoms with Crippen LogP contribution in [-0.4, -0.2) is 51.9 Å². The molecular weight excluding hydrogens is 348 g/mol. The third kappa shape index (κ3) is 6.08. The first-order valence-electron chi connectivity index (χ1n) is 9.22. The van der Waals surface area contributed by atoms with E-state index in [0.29, 0.717) is 24.7 Å². The predicted molar refractivity (Wildman–Crippen MR) is 102 cm³/mol. The van der Waals surface area contributed by atoms with Gasteiger partial charge in [0, 0.05) is 30.6 Å². The highest BCUT2D eigenvalue weighted by Crippen LogP contribution is 2.24. The van der Waals surface area contributed by atoms with E-state index in [1.807, 2.05) is 46.4 Å². The number of carboxylic acids is 1. The summed E-state index contributed by atoms with van der Waals surface area (Å²) in [4.78, 5) is 34.2.